The molecular formula is C24H23N3O6. The molecule has 3 atom stereocenters. The number of aryl methyl sites for hydroxylation is 1. The molecule has 1 aliphatic heterocycles. The molecule has 2 aromatic carbocycles. The molecule has 9 nitrogen and oxygen atoms in total. The van der Waals surface area contributed by atoms with E-state index in [1.165, 1.54) is 16.8 Å². The number of ether oxygens (including phenoxy) is 2. The van der Waals surface area contributed by atoms with Crippen molar-refractivity contribution in [1.29, 1.82) is 0 Å². The highest BCUT2D eigenvalue weighted by Crippen LogP contribution is 2.30. The molecule has 1 saturated heterocycles. The summed E-state index contributed by atoms with van der Waals surface area (Å²) in [4.78, 5) is 41.2. The van der Waals surface area contributed by atoms with Crippen molar-refractivity contribution < 1.29 is 24.2 Å². The zero-order valence-corrected chi connectivity index (χ0v) is 17.9. The van der Waals surface area contributed by atoms with E-state index in [-0.39, 0.29) is 24.8 Å². The number of carbonyl (C=O) groups excluding carboxylic acids is 2. The van der Waals surface area contributed by atoms with E-state index in [1.807, 2.05) is 6.92 Å². The predicted octanol–water partition coefficient (Wildman–Crippen LogP) is 2.31. The molecule has 3 aromatic rings. The topological polar surface area (TPSA) is 120 Å². The Labute approximate surface area is 189 Å². The molecule has 33 heavy (non-hydrogen) atoms. The molecule has 1 aliphatic rings. The minimum Gasteiger partial charge on any atom is -0.456 e. The fourth-order valence-corrected chi connectivity index (χ4v) is 3.53. The summed E-state index contributed by atoms with van der Waals surface area (Å²) >= 11 is 0. The second-order valence-corrected chi connectivity index (χ2v) is 7.68. The highest BCUT2D eigenvalue weighted by Gasteiger charge is 2.39. The van der Waals surface area contributed by atoms with Gasteiger partial charge in [-0.15, -0.1) is 0 Å². The second kappa shape index (κ2) is 9.76. The lowest BCUT2D eigenvalue weighted by Crippen LogP contribution is -2.30. The van der Waals surface area contributed by atoms with Crippen molar-refractivity contribution >= 4 is 17.7 Å². The number of esters is 1. The molecule has 0 bridgehead atoms. The van der Waals surface area contributed by atoms with Crippen molar-refractivity contribution in [3.8, 4) is 0 Å². The second-order valence-electron chi connectivity index (χ2n) is 7.68. The average molecular weight is 449 g/mol. The van der Waals surface area contributed by atoms with Crippen LogP contribution in [0.1, 0.15) is 38.9 Å². The van der Waals surface area contributed by atoms with Gasteiger partial charge in [-0.3, -0.25) is 9.36 Å². The maximum absolute atomic E-state index is 12.6. The summed E-state index contributed by atoms with van der Waals surface area (Å²) < 4.78 is 12.5. The number of nitrogens with one attached hydrogen (secondary N) is 1. The van der Waals surface area contributed by atoms with Crippen molar-refractivity contribution in [1.82, 2.24) is 9.55 Å². The highest BCUT2D eigenvalue weighted by molar-refractivity contribution is 6.03. The molecule has 0 saturated carbocycles. The SMILES string of the molecule is Cc1ccc(C(=O)O[C@@H]2C[C@@H](n3ccc(NC(=O)c4ccccc4)nc3=O)O[C@H]2CO)cc1. The normalized spacial score (nSPS) is 19.8. The van der Waals surface area contributed by atoms with Gasteiger partial charge in [-0.05, 0) is 37.3 Å². The lowest BCUT2D eigenvalue weighted by molar-refractivity contribution is -0.0521. The Balaban J connectivity index is 1.44. The number of aromatic nitrogens is 2. The minimum atomic E-state index is -0.784. The zero-order chi connectivity index (χ0) is 23.4. The van der Waals surface area contributed by atoms with Crippen LogP contribution in [-0.4, -0.2) is 45.3 Å². The van der Waals surface area contributed by atoms with Crippen LogP contribution in [0.15, 0.2) is 71.7 Å². The van der Waals surface area contributed by atoms with E-state index >= 15 is 0 Å². The Morgan fingerprint density at radius 1 is 1.12 bits per heavy atom. The number of carbonyl (C=O) groups is 2. The van der Waals surface area contributed by atoms with Crippen molar-refractivity contribution in [2.75, 3.05) is 11.9 Å². The van der Waals surface area contributed by atoms with Gasteiger partial charge in [0.2, 0.25) is 0 Å². The third kappa shape index (κ3) is 5.16. The summed E-state index contributed by atoms with van der Waals surface area (Å²) in [5, 5.41) is 12.3. The van der Waals surface area contributed by atoms with Crippen molar-refractivity contribution in [3.05, 3.63) is 94.0 Å². The summed E-state index contributed by atoms with van der Waals surface area (Å²) in [5.74, 6) is -0.822. The van der Waals surface area contributed by atoms with Gasteiger partial charge in [-0.1, -0.05) is 35.9 Å². The number of benzene rings is 2. The van der Waals surface area contributed by atoms with E-state index in [9.17, 15) is 19.5 Å². The average Bonchev–Trinajstić information content (AvgIpc) is 3.22. The first kappa shape index (κ1) is 22.4. The number of nitrogens with zero attached hydrogens (tertiary/aromatic N) is 2. The molecule has 4 rings (SSSR count). The van der Waals surface area contributed by atoms with Gasteiger partial charge in [0.1, 0.15) is 24.3 Å². The predicted molar refractivity (Wildman–Crippen MR) is 119 cm³/mol. The number of anilines is 1. The van der Waals surface area contributed by atoms with Crippen molar-refractivity contribution in [2.24, 2.45) is 0 Å². The Hall–Kier alpha value is -3.82. The van der Waals surface area contributed by atoms with Crippen LogP contribution in [-0.2, 0) is 9.47 Å². The van der Waals surface area contributed by atoms with E-state index in [0.717, 1.165) is 5.56 Å². The van der Waals surface area contributed by atoms with Gasteiger partial charge >= 0.3 is 11.7 Å². The molecule has 9 heteroatoms. The standard InChI is InChI=1S/C24H23N3O6/c1-15-7-9-17(10-8-15)23(30)33-18-13-21(32-19(18)14-28)27-12-11-20(26-24(27)31)25-22(29)16-5-3-2-4-6-16/h2-12,18-19,21,28H,13-14H2,1H3,(H,25,26,29,31)/t18-,19+,21+/m1/s1. The number of hydrogen-bond acceptors (Lipinski definition) is 7. The Bertz CT molecular complexity index is 1190. The summed E-state index contributed by atoms with van der Waals surface area (Å²) in [5.41, 5.74) is 1.19. The van der Waals surface area contributed by atoms with Gasteiger partial charge in [0.25, 0.3) is 5.91 Å². The fourth-order valence-electron chi connectivity index (χ4n) is 3.53. The van der Waals surface area contributed by atoms with E-state index < -0.39 is 30.1 Å². The summed E-state index contributed by atoms with van der Waals surface area (Å²) in [6.45, 7) is 1.53. The van der Waals surface area contributed by atoms with Crippen LogP contribution in [0.5, 0.6) is 0 Å². The van der Waals surface area contributed by atoms with Gasteiger partial charge in [-0.25, -0.2) is 9.59 Å². The van der Waals surface area contributed by atoms with Crippen LogP contribution in [0.2, 0.25) is 0 Å². The number of rotatable bonds is 6. The Morgan fingerprint density at radius 2 is 1.85 bits per heavy atom. The van der Waals surface area contributed by atoms with E-state index in [1.54, 1.807) is 54.6 Å². The molecule has 0 radical (unpaired) electrons. The van der Waals surface area contributed by atoms with E-state index in [4.69, 9.17) is 9.47 Å². The monoisotopic (exact) mass is 449 g/mol. The molecule has 0 spiro atoms. The van der Waals surface area contributed by atoms with Crippen LogP contribution >= 0.6 is 0 Å². The first-order valence-electron chi connectivity index (χ1n) is 10.4. The molecule has 0 unspecified atom stereocenters. The quantitative estimate of drug-likeness (QED) is 0.554. The summed E-state index contributed by atoms with van der Waals surface area (Å²) in [6.07, 6.45) is -0.692. The Kier molecular flexibility index (Phi) is 6.62. The molecular weight excluding hydrogens is 426 g/mol. The molecule has 1 aromatic heterocycles. The van der Waals surface area contributed by atoms with Gasteiger partial charge in [-0.2, -0.15) is 4.98 Å². The minimum absolute atomic E-state index is 0.101. The van der Waals surface area contributed by atoms with Crippen molar-refractivity contribution in [2.45, 2.75) is 31.8 Å². The molecule has 0 aliphatic carbocycles. The van der Waals surface area contributed by atoms with Crippen LogP contribution in [0, 0.1) is 6.92 Å². The maximum atomic E-state index is 12.6. The van der Waals surface area contributed by atoms with Gasteiger partial charge in [0.05, 0.1) is 12.2 Å². The third-order valence-electron chi connectivity index (χ3n) is 5.32. The Morgan fingerprint density at radius 3 is 2.52 bits per heavy atom. The van der Waals surface area contributed by atoms with Crippen LogP contribution in [0.3, 0.4) is 0 Å². The summed E-state index contributed by atoms with van der Waals surface area (Å²) in [7, 11) is 0. The molecule has 2 N–H and O–H groups in total. The maximum Gasteiger partial charge on any atom is 0.351 e. The van der Waals surface area contributed by atoms with Crippen LogP contribution in [0.25, 0.3) is 0 Å². The number of aliphatic hydroxyl groups is 1. The summed E-state index contributed by atoms with van der Waals surface area (Å²) in [6, 6.07) is 17.0. The highest BCUT2D eigenvalue weighted by atomic mass is 16.6. The largest absolute Gasteiger partial charge is 0.456 e. The number of aliphatic hydroxyl groups excluding tert-OH is 1. The van der Waals surface area contributed by atoms with Gasteiger partial charge < -0.3 is 19.9 Å². The third-order valence-corrected chi connectivity index (χ3v) is 5.32. The molecule has 170 valence electrons. The van der Waals surface area contributed by atoms with E-state index in [2.05, 4.69) is 10.3 Å². The van der Waals surface area contributed by atoms with Crippen molar-refractivity contribution in [3.63, 3.8) is 0 Å². The lowest BCUT2D eigenvalue weighted by atomic mass is 10.1. The van der Waals surface area contributed by atoms with E-state index in [0.29, 0.717) is 11.1 Å². The number of hydrogen-bond donors (Lipinski definition) is 2. The molecule has 2 heterocycles. The van der Waals surface area contributed by atoms with Gasteiger partial charge in [0, 0.05) is 18.2 Å². The number of amides is 1. The first-order valence-corrected chi connectivity index (χ1v) is 10.4. The first-order chi connectivity index (χ1) is 15.9. The lowest BCUT2D eigenvalue weighted by Gasteiger charge is -2.16. The molecule has 1 amide bonds. The van der Waals surface area contributed by atoms with Gasteiger partial charge in [0.15, 0.2) is 0 Å². The van der Waals surface area contributed by atoms with Crippen LogP contribution in [0.4, 0.5) is 5.82 Å². The van der Waals surface area contributed by atoms with Crippen LogP contribution < -0.4 is 11.0 Å². The zero-order valence-electron chi connectivity index (χ0n) is 17.9. The molecule has 1 fully saturated rings. The smallest absolute Gasteiger partial charge is 0.351 e. The fraction of sp³-hybridized carbons (Fsp3) is 0.250.